The standard InChI is InChI=1S/C52H96N4O9/c1-15-17-19-21-23-25-31-55(32-26-24-22-20-18-16-2)47(61)41-27-29-42(30-28-41)52(56(37-45(59)64-50(9,10)11)38-46(60)65-51(12,13)14)39-53(35-43(57)62-48(3,4)5)33-34-54(40-52)36-44(58)63-49(6,7)8/h41-42H,15-40H2,1-14H3/t41-,42-. The second kappa shape index (κ2) is 27.3. The van der Waals surface area contributed by atoms with Gasteiger partial charge in [-0.05, 0) is 128 Å². The predicted molar refractivity (Wildman–Crippen MR) is 259 cm³/mol. The molecule has 1 aliphatic carbocycles. The monoisotopic (exact) mass is 921 g/mol. The van der Waals surface area contributed by atoms with Crippen LogP contribution in [0.3, 0.4) is 0 Å². The predicted octanol–water partition coefficient (Wildman–Crippen LogP) is 9.37. The maximum absolute atomic E-state index is 14.6. The topological polar surface area (TPSA) is 135 Å². The minimum atomic E-state index is -0.973. The molecule has 2 rings (SSSR count). The van der Waals surface area contributed by atoms with E-state index in [1.165, 1.54) is 51.4 Å². The molecule has 13 nitrogen and oxygen atoms in total. The Labute approximate surface area is 396 Å². The fourth-order valence-electron chi connectivity index (χ4n) is 9.43. The van der Waals surface area contributed by atoms with E-state index in [2.05, 4.69) is 18.7 Å². The molecular weight excluding hydrogens is 825 g/mol. The highest BCUT2D eigenvalue weighted by molar-refractivity contribution is 5.79. The maximum Gasteiger partial charge on any atom is 0.320 e. The smallest absolute Gasteiger partial charge is 0.320 e. The third-order valence-corrected chi connectivity index (χ3v) is 12.1. The Morgan fingerprint density at radius 2 is 0.831 bits per heavy atom. The molecule has 0 bridgehead atoms. The van der Waals surface area contributed by atoms with Crippen molar-refractivity contribution >= 4 is 29.8 Å². The molecule has 1 heterocycles. The molecule has 2 fully saturated rings. The number of esters is 4. The van der Waals surface area contributed by atoms with Crippen molar-refractivity contribution in [3.8, 4) is 0 Å². The number of amides is 1. The molecule has 0 N–H and O–H groups in total. The first-order chi connectivity index (χ1) is 30.1. The number of carbonyl (C=O) groups is 5. The molecule has 0 aromatic heterocycles. The van der Waals surface area contributed by atoms with Crippen LogP contribution in [0.1, 0.15) is 200 Å². The Morgan fingerprint density at radius 1 is 0.492 bits per heavy atom. The quantitative estimate of drug-likeness (QED) is 0.0491. The average Bonchev–Trinajstić information content (AvgIpc) is 3.32. The molecule has 0 aromatic rings. The number of hydrogen-bond acceptors (Lipinski definition) is 12. The first-order valence-corrected chi connectivity index (χ1v) is 25.5. The Morgan fingerprint density at radius 3 is 1.18 bits per heavy atom. The summed E-state index contributed by atoms with van der Waals surface area (Å²) in [6.45, 7) is 28.9. The number of ether oxygens (including phenoxy) is 4. The summed E-state index contributed by atoms with van der Waals surface area (Å²) in [5.41, 5.74) is -3.95. The molecule has 13 heteroatoms. The van der Waals surface area contributed by atoms with Gasteiger partial charge < -0.3 is 23.8 Å². The van der Waals surface area contributed by atoms with Gasteiger partial charge in [-0.15, -0.1) is 0 Å². The number of hydrogen-bond donors (Lipinski definition) is 0. The zero-order valence-electron chi connectivity index (χ0n) is 44.0. The Kier molecular flexibility index (Phi) is 24.5. The first-order valence-electron chi connectivity index (χ1n) is 25.5. The molecule has 1 amide bonds. The average molecular weight is 921 g/mol. The van der Waals surface area contributed by atoms with Gasteiger partial charge in [-0.3, -0.25) is 38.7 Å². The van der Waals surface area contributed by atoms with Crippen molar-refractivity contribution in [2.75, 3.05) is 65.4 Å². The van der Waals surface area contributed by atoms with E-state index in [1.54, 1.807) is 0 Å². The lowest BCUT2D eigenvalue weighted by Gasteiger charge is -2.52. The molecule has 1 saturated heterocycles. The fraction of sp³-hybridized carbons (Fsp3) is 0.904. The van der Waals surface area contributed by atoms with Gasteiger partial charge in [-0.1, -0.05) is 78.1 Å². The summed E-state index contributed by atoms with van der Waals surface area (Å²) in [5.74, 6) is -1.81. The van der Waals surface area contributed by atoms with Crippen molar-refractivity contribution in [2.24, 2.45) is 11.8 Å². The van der Waals surface area contributed by atoms with Gasteiger partial charge in [0.15, 0.2) is 0 Å². The second-order valence-electron chi connectivity index (χ2n) is 23.1. The van der Waals surface area contributed by atoms with Crippen molar-refractivity contribution in [1.29, 1.82) is 0 Å². The van der Waals surface area contributed by atoms with Gasteiger partial charge in [-0.2, -0.15) is 0 Å². The largest absolute Gasteiger partial charge is 0.459 e. The van der Waals surface area contributed by atoms with Crippen molar-refractivity contribution < 1.29 is 42.9 Å². The van der Waals surface area contributed by atoms with Crippen LogP contribution in [0.2, 0.25) is 0 Å². The van der Waals surface area contributed by atoms with E-state index < -0.39 is 39.9 Å². The highest BCUT2D eigenvalue weighted by Gasteiger charge is 2.51. The minimum absolute atomic E-state index is 0.0221. The Balaban J connectivity index is 2.67. The van der Waals surface area contributed by atoms with Gasteiger partial charge in [0.1, 0.15) is 22.4 Å². The molecule has 65 heavy (non-hydrogen) atoms. The van der Waals surface area contributed by atoms with Crippen LogP contribution in [0, 0.1) is 11.8 Å². The van der Waals surface area contributed by atoms with E-state index in [4.69, 9.17) is 18.9 Å². The first kappa shape index (κ1) is 58.4. The lowest BCUT2D eigenvalue weighted by Crippen LogP contribution is -2.66. The summed E-state index contributed by atoms with van der Waals surface area (Å²) >= 11 is 0. The Bertz CT molecular complexity index is 1360. The van der Waals surface area contributed by atoms with Gasteiger partial charge in [0.25, 0.3) is 0 Å². The molecule has 2 aliphatic rings. The van der Waals surface area contributed by atoms with Crippen molar-refractivity contribution in [1.82, 2.24) is 19.6 Å². The van der Waals surface area contributed by atoms with Crippen LogP contribution in [0.15, 0.2) is 0 Å². The van der Waals surface area contributed by atoms with Crippen molar-refractivity contribution in [2.45, 2.75) is 228 Å². The number of nitrogens with zero attached hydrogens (tertiary/aromatic N) is 4. The number of unbranched alkanes of at least 4 members (excludes halogenated alkanes) is 10. The van der Waals surface area contributed by atoms with E-state index in [1.807, 2.05) is 97.8 Å². The van der Waals surface area contributed by atoms with E-state index in [9.17, 15) is 24.0 Å². The maximum atomic E-state index is 14.6. The highest BCUT2D eigenvalue weighted by atomic mass is 16.6. The SMILES string of the molecule is CCCCCCCCN(CCCCCCCC)C(=O)[C@H]1CC[C@H](C2(N(CC(=O)OC(C)(C)C)CC(=O)OC(C)(C)C)CN(CC(=O)OC(C)(C)C)CCN(CC(=O)OC(C)(C)C)C2)CC1. The molecule has 378 valence electrons. The van der Waals surface area contributed by atoms with Gasteiger partial charge in [0, 0.05) is 45.2 Å². The molecule has 0 unspecified atom stereocenters. The fourth-order valence-corrected chi connectivity index (χ4v) is 9.43. The molecule has 1 aliphatic heterocycles. The lowest BCUT2D eigenvalue weighted by atomic mass is 9.69. The van der Waals surface area contributed by atoms with Crippen LogP contribution in [0.4, 0.5) is 0 Å². The van der Waals surface area contributed by atoms with Crippen molar-refractivity contribution in [3.05, 3.63) is 0 Å². The Hall–Kier alpha value is -2.77. The number of carbonyl (C=O) groups excluding carboxylic acids is 5. The van der Waals surface area contributed by atoms with Gasteiger partial charge in [0.2, 0.25) is 5.91 Å². The van der Waals surface area contributed by atoms with Gasteiger partial charge in [-0.25, -0.2) is 0 Å². The molecule has 0 spiro atoms. The molecule has 0 atom stereocenters. The molecule has 1 saturated carbocycles. The highest BCUT2D eigenvalue weighted by Crippen LogP contribution is 2.42. The van der Waals surface area contributed by atoms with Crippen LogP contribution < -0.4 is 0 Å². The lowest BCUT2D eigenvalue weighted by molar-refractivity contribution is -0.168. The van der Waals surface area contributed by atoms with Gasteiger partial charge >= 0.3 is 23.9 Å². The normalized spacial score (nSPS) is 19.1. The summed E-state index contributed by atoms with van der Waals surface area (Å²) in [5, 5.41) is 0. The van der Waals surface area contributed by atoms with Crippen molar-refractivity contribution in [3.63, 3.8) is 0 Å². The van der Waals surface area contributed by atoms with E-state index in [0.29, 0.717) is 51.9 Å². The summed E-state index contributed by atoms with van der Waals surface area (Å²) in [6.07, 6.45) is 16.6. The zero-order chi connectivity index (χ0) is 49.1. The van der Waals surface area contributed by atoms with Crippen LogP contribution in [-0.2, 0) is 42.9 Å². The summed E-state index contributed by atoms with van der Waals surface area (Å²) in [6, 6.07) is 0. The van der Waals surface area contributed by atoms with Crippen LogP contribution in [-0.4, -0.2) is 143 Å². The third-order valence-electron chi connectivity index (χ3n) is 12.1. The van der Waals surface area contributed by atoms with Crippen LogP contribution in [0.25, 0.3) is 0 Å². The second-order valence-corrected chi connectivity index (χ2v) is 23.1. The van der Waals surface area contributed by atoms with Gasteiger partial charge in [0.05, 0.1) is 31.7 Å². The summed E-state index contributed by atoms with van der Waals surface area (Å²) in [7, 11) is 0. The molecule has 0 radical (unpaired) electrons. The summed E-state index contributed by atoms with van der Waals surface area (Å²) < 4.78 is 23.5. The molecule has 0 aromatic carbocycles. The summed E-state index contributed by atoms with van der Waals surface area (Å²) in [4.78, 5) is 77.9. The number of rotatable bonds is 25. The zero-order valence-corrected chi connectivity index (χ0v) is 44.0. The minimum Gasteiger partial charge on any atom is -0.459 e. The van der Waals surface area contributed by atoms with Crippen LogP contribution in [0.5, 0.6) is 0 Å². The molecular formula is C52H96N4O9. The third kappa shape index (κ3) is 24.2. The van der Waals surface area contributed by atoms with E-state index >= 15 is 0 Å². The van der Waals surface area contributed by atoms with E-state index in [-0.39, 0.29) is 55.9 Å². The van der Waals surface area contributed by atoms with E-state index in [0.717, 1.165) is 38.8 Å². The van der Waals surface area contributed by atoms with Crippen LogP contribution >= 0.6 is 0 Å².